The maximum atomic E-state index is 14.6. The Kier molecular flexibility index (Phi) is 6.04. The van der Waals surface area contributed by atoms with Gasteiger partial charge in [0.2, 0.25) is 0 Å². The van der Waals surface area contributed by atoms with Gasteiger partial charge in [-0.05, 0) is 44.9 Å². The number of hydrogen-bond donors (Lipinski definition) is 1. The van der Waals surface area contributed by atoms with Crippen LogP contribution in [0.5, 0.6) is 0 Å². The van der Waals surface area contributed by atoms with E-state index in [0.29, 0.717) is 25.2 Å². The highest BCUT2D eigenvalue weighted by atomic mass is 19.1. The molecule has 2 unspecified atom stereocenters. The van der Waals surface area contributed by atoms with Gasteiger partial charge in [0.25, 0.3) is 0 Å². The van der Waals surface area contributed by atoms with Crippen LogP contribution in [0.2, 0.25) is 0 Å². The molecule has 4 nitrogen and oxygen atoms in total. The van der Waals surface area contributed by atoms with E-state index in [9.17, 15) is 9.18 Å². The molecule has 1 saturated heterocycles. The molecule has 28 heavy (non-hydrogen) atoms. The Morgan fingerprint density at radius 2 is 1.89 bits per heavy atom. The fourth-order valence-corrected chi connectivity index (χ4v) is 3.67. The third-order valence-corrected chi connectivity index (χ3v) is 4.96. The summed E-state index contributed by atoms with van der Waals surface area (Å²) in [4.78, 5) is 14.8. The Morgan fingerprint density at radius 3 is 2.57 bits per heavy atom. The lowest BCUT2D eigenvalue weighted by atomic mass is 9.91. The van der Waals surface area contributed by atoms with Crippen LogP contribution >= 0.6 is 0 Å². The molecule has 0 saturated carbocycles. The van der Waals surface area contributed by atoms with Crippen molar-refractivity contribution in [1.82, 2.24) is 10.2 Å². The summed E-state index contributed by atoms with van der Waals surface area (Å²) in [7, 11) is 0. The van der Waals surface area contributed by atoms with Gasteiger partial charge >= 0.3 is 6.09 Å². The van der Waals surface area contributed by atoms with E-state index in [2.05, 4.69) is 5.32 Å². The first-order valence-electron chi connectivity index (χ1n) is 9.75. The predicted octanol–water partition coefficient (Wildman–Crippen LogP) is 4.63. The Bertz CT molecular complexity index is 817. The number of ether oxygens (including phenoxy) is 1. The van der Waals surface area contributed by atoms with Gasteiger partial charge in [0.15, 0.2) is 0 Å². The quantitative estimate of drug-likeness (QED) is 0.836. The zero-order chi connectivity index (χ0) is 20.3. The van der Waals surface area contributed by atoms with Gasteiger partial charge in [0.05, 0.1) is 6.04 Å². The molecule has 1 aliphatic rings. The van der Waals surface area contributed by atoms with E-state index >= 15 is 0 Å². The second-order valence-corrected chi connectivity index (χ2v) is 8.45. The molecule has 1 N–H and O–H groups in total. The third kappa shape index (κ3) is 4.90. The van der Waals surface area contributed by atoms with Gasteiger partial charge in [-0.2, -0.15) is 0 Å². The molecule has 0 radical (unpaired) electrons. The molecule has 0 aliphatic carbocycles. The highest BCUT2D eigenvalue weighted by molar-refractivity contribution is 5.69. The van der Waals surface area contributed by atoms with E-state index in [-0.39, 0.29) is 23.9 Å². The summed E-state index contributed by atoms with van der Waals surface area (Å²) in [5.41, 5.74) is 2.08. The molecule has 1 heterocycles. The first-order valence-corrected chi connectivity index (χ1v) is 9.75. The van der Waals surface area contributed by atoms with Crippen molar-refractivity contribution >= 4 is 6.09 Å². The number of rotatable bonds is 4. The number of halogens is 1. The highest BCUT2D eigenvalue weighted by Gasteiger charge is 2.38. The predicted molar refractivity (Wildman–Crippen MR) is 109 cm³/mol. The minimum absolute atomic E-state index is 0.129. The fourth-order valence-electron chi connectivity index (χ4n) is 3.67. The van der Waals surface area contributed by atoms with Crippen molar-refractivity contribution in [1.29, 1.82) is 0 Å². The molecule has 5 heteroatoms. The maximum absolute atomic E-state index is 14.6. The minimum Gasteiger partial charge on any atom is -0.444 e. The minimum atomic E-state index is -0.595. The number of nitrogens with zero attached hydrogens (tertiary/aromatic N) is 1. The summed E-state index contributed by atoms with van der Waals surface area (Å²) in [6, 6.07) is 14.8. The smallest absolute Gasteiger partial charge is 0.410 e. The van der Waals surface area contributed by atoms with Crippen LogP contribution in [-0.2, 0) is 11.3 Å². The summed E-state index contributed by atoms with van der Waals surface area (Å²) < 4.78 is 20.3. The van der Waals surface area contributed by atoms with E-state index in [1.165, 1.54) is 6.07 Å². The molecule has 0 bridgehead atoms. The number of aryl methyl sites for hydroxylation is 1. The molecule has 1 aliphatic heterocycles. The Morgan fingerprint density at radius 1 is 1.18 bits per heavy atom. The molecular weight excluding hydrogens is 355 g/mol. The first kappa shape index (κ1) is 20.3. The van der Waals surface area contributed by atoms with Crippen molar-refractivity contribution in [3.05, 3.63) is 71.0 Å². The van der Waals surface area contributed by atoms with Gasteiger partial charge in [-0.25, -0.2) is 9.18 Å². The Balaban J connectivity index is 1.93. The summed E-state index contributed by atoms with van der Waals surface area (Å²) >= 11 is 0. The van der Waals surface area contributed by atoms with Crippen LogP contribution in [0.3, 0.4) is 0 Å². The number of carbonyl (C=O) groups is 1. The molecule has 0 spiro atoms. The summed E-state index contributed by atoms with van der Waals surface area (Å²) in [6.07, 6.45) is -0.372. The van der Waals surface area contributed by atoms with Gasteiger partial charge in [0.1, 0.15) is 11.4 Å². The number of amides is 1. The zero-order valence-corrected chi connectivity index (χ0v) is 17.0. The monoisotopic (exact) mass is 384 g/mol. The largest absolute Gasteiger partial charge is 0.444 e. The van der Waals surface area contributed by atoms with Crippen molar-refractivity contribution in [3.8, 4) is 0 Å². The molecule has 2 aromatic rings. The number of nitrogens with one attached hydrogen (secondary N) is 1. The summed E-state index contributed by atoms with van der Waals surface area (Å²) in [5, 5.41) is 3.34. The normalized spacial score (nSPS) is 19.5. The topological polar surface area (TPSA) is 41.6 Å². The number of hydrogen-bond acceptors (Lipinski definition) is 3. The SMILES string of the molecule is Cc1ccc(F)c(C2CNCC2N(Cc2ccccc2)C(=O)OC(C)(C)C)c1. The lowest BCUT2D eigenvalue weighted by Gasteiger charge is -2.34. The molecule has 2 atom stereocenters. The molecule has 150 valence electrons. The van der Waals surface area contributed by atoms with Gasteiger partial charge in [0, 0.05) is 25.6 Å². The molecule has 2 aromatic carbocycles. The van der Waals surface area contributed by atoms with Gasteiger partial charge in [-0.15, -0.1) is 0 Å². The van der Waals surface area contributed by atoms with Crippen molar-refractivity contribution in [2.45, 2.75) is 51.8 Å². The standard InChI is InChI=1S/C23H29FN2O2/c1-16-10-11-20(24)18(12-16)19-13-25-14-21(19)26(22(27)28-23(2,3)4)15-17-8-6-5-7-9-17/h5-12,19,21,25H,13-15H2,1-4H3. The van der Waals surface area contributed by atoms with E-state index in [1.807, 2.05) is 64.1 Å². The van der Waals surface area contributed by atoms with Crippen LogP contribution in [0.4, 0.5) is 9.18 Å². The average molecular weight is 384 g/mol. The highest BCUT2D eigenvalue weighted by Crippen LogP contribution is 2.31. The lowest BCUT2D eigenvalue weighted by Crippen LogP contribution is -2.46. The van der Waals surface area contributed by atoms with Crippen LogP contribution in [-0.4, -0.2) is 35.7 Å². The van der Waals surface area contributed by atoms with Crippen molar-refractivity contribution in [2.75, 3.05) is 13.1 Å². The average Bonchev–Trinajstić information content (AvgIpc) is 3.10. The van der Waals surface area contributed by atoms with E-state index in [1.54, 1.807) is 11.0 Å². The molecule has 3 rings (SSSR count). The summed E-state index contributed by atoms with van der Waals surface area (Å²) in [6.45, 7) is 9.17. The third-order valence-electron chi connectivity index (χ3n) is 4.96. The van der Waals surface area contributed by atoms with Crippen LogP contribution in [0, 0.1) is 12.7 Å². The summed E-state index contributed by atoms with van der Waals surface area (Å²) in [5.74, 6) is -0.357. The second-order valence-electron chi connectivity index (χ2n) is 8.45. The van der Waals surface area contributed by atoms with Crippen molar-refractivity contribution in [3.63, 3.8) is 0 Å². The Labute approximate surface area is 166 Å². The van der Waals surface area contributed by atoms with Crippen LogP contribution in [0.1, 0.15) is 43.4 Å². The molecule has 1 fully saturated rings. The maximum Gasteiger partial charge on any atom is 0.410 e. The fraction of sp³-hybridized carbons (Fsp3) is 0.435. The van der Waals surface area contributed by atoms with Crippen LogP contribution in [0.25, 0.3) is 0 Å². The second kappa shape index (κ2) is 8.31. The van der Waals surface area contributed by atoms with Gasteiger partial charge in [-0.1, -0.05) is 48.0 Å². The number of carbonyl (C=O) groups excluding carboxylic acids is 1. The van der Waals surface area contributed by atoms with Gasteiger partial charge < -0.3 is 10.1 Å². The molecule has 1 amide bonds. The Hall–Kier alpha value is -2.40. The van der Waals surface area contributed by atoms with Crippen LogP contribution < -0.4 is 5.32 Å². The lowest BCUT2D eigenvalue weighted by molar-refractivity contribution is 0.0140. The van der Waals surface area contributed by atoms with E-state index in [4.69, 9.17) is 4.74 Å². The van der Waals surface area contributed by atoms with E-state index < -0.39 is 5.60 Å². The molecule has 0 aromatic heterocycles. The van der Waals surface area contributed by atoms with E-state index in [0.717, 1.165) is 11.1 Å². The zero-order valence-electron chi connectivity index (χ0n) is 17.0. The van der Waals surface area contributed by atoms with Crippen molar-refractivity contribution < 1.29 is 13.9 Å². The van der Waals surface area contributed by atoms with Gasteiger partial charge in [-0.3, -0.25) is 4.90 Å². The first-order chi connectivity index (χ1) is 13.2. The molecular formula is C23H29FN2O2. The number of benzene rings is 2. The van der Waals surface area contributed by atoms with Crippen molar-refractivity contribution in [2.24, 2.45) is 0 Å². The van der Waals surface area contributed by atoms with Crippen LogP contribution in [0.15, 0.2) is 48.5 Å².